The van der Waals surface area contributed by atoms with E-state index in [1.54, 1.807) is 6.07 Å². The van der Waals surface area contributed by atoms with Gasteiger partial charge in [0.2, 0.25) is 0 Å². The number of hydrogen-bond acceptors (Lipinski definition) is 3. The number of nitrogens with zero attached hydrogens (tertiary/aromatic N) is 2. The van der Waals surface area contributed by atoms with Crippen LogP contribution in [-0.2, 0) is 11.3 Å². The molecule has 0 radical (unpaired) electrons. The van der Waals surface area contributed by atoms with Gasteiger partial charge in [-0.05, 0) is 37.6 Å². The van der Waals surface area contributed by atoms with Crippen LogP contribution in [0.1, 0.15) is 18.9 Å². The summed E-state index contributed by atoms with van der Waals surface area (Å²) in [5, 5.41) is 7.92. The monoisotopic (exact) mass is 500 g/mol. The smallest absolute Gasteiger partial charge is 0.191 e. The fourth-order valence-electron chi connectivity index (χ4n) is 2.49. The Labute approximate surface area is 177 Å². The highest BCUT2D eigenvalue weighted by Gasteiger charge is 2.09. The first-order chi connectivity index (χ1) is 11.7. The number of nitrogens with one attached hydrogen (secondary N) is 2. The molecule has 2 rings (SSSR count). The van der Waals surface area contributed by atoms with Gasteiger partial charge in [0.05, 0.1) is 19.8 Å². The highest BCUT2D eigenvalue weighted by atomic mass is 127. The quantitative estimate of drug-likeness (QED) is 0.261. The molecule has 2 N–H and O–H groups in total. The summed E-state index contributed by atoms with van der Waals surface area (Å²) in [6.45, 7) is 9.13. The highest BCUT2D eigenvalue weighted by molar-refractivity contribution is 14.0. The van der Waals surface area contributed by atoms with Gasteiger partial charge in [-0.2, -0.15) is 0 Å². The minimum Gasteiger partial charge on any atom is -0.379 e. The van der Waals surface area contributed by atoms with Crippen molar-refractivity contribution in [1.29, 1.82) is 0 Å². The first kappa shape index (κ1) is 22.8. The molecule has 0 unspecified atom stereocenters. The summed E-state index contributed by atoms with van der Waals surface area (Å²) in [7, 11) is 0. The average Bonchev–Trinajstić information content (AvgIpc) is 2.58. The molecular formula is C17H27Cl2IN4O. The van der Waals surface area contributed by atoms with Crippen molar-refractivity contribution in [2.24, 2.45) is 4.99 Å². The lowest BCUT2D eigenvalue weighted by Crippen LogP contribution is -2.40. The van der Waals surface area contributed by atoms with E-state index >= 15 is 0 Å². The summed E-state index contributed by atoms with van der Waals surface area (Å²) in [6, 6.07) is 5.49. The zero-order valence-corrected chi connectivity index (χ0v) is 18.4. The fourth-order valence-corrected chi connectivity index (χ4v) is 2.96. The molecule has 0 aromatic heterocycles. The Bertz CT molecular complexity index is 539. The zero-order valence-electron chi connectivity index (χ0n) is 14.6. The van der Waals surface area contributed by atoms with Gasteiger partial charge in [-0.3, -0.25) is 4.90 Å². The van der Waals surface area contributed by atoms with Gasteiger partial charge >= 0.3 is 0 Å². The second kappa shape index (κ2) is 13.0. The summed E-state index contributed by atoms with van der Waals surface area (Å²) in [5.41, 5.74) is 0.964. The van der Waals surface area contributed by atoms with Crippen molar-refractivity contribution in [3.05, 3.63) is 33.8 Å². The van der Waals surface area contributed by atoms with Crippen LogP contribution in [0.4, 0.5) is 0 Å². The molecule has 1 saturated heterocycles. The van der Waals surface area contributed by atoms with Gasteiger partial charge in [0.25, 0.3) is 0 Å². The molecule has 25 heavy (non-hydrogen) atoms. The fraction of sp³-hybridized carbons (Fsp3) is 0.588. The Morgan fingerprint density at radius 2 is 2.00 bits per heavy atom. The molecule has 1 aliphatic rings. The zero-order chi connectivity index (χ0) is 17.2. The minimum atomic E-state index is 0. The van der Waals surface area contributed by atoms with Crippen molar-refractivity contribution >= 4 is 53.1 Å². The number of aliphatic imine (C=N–C) groups is 1. The predicted octanol–water partition coefficient (Wildman–Crippen LogP) is 3.39. The van der Waals surface area contributed by atoms with Crippen LogP contribution in [0.5, 0.6) is 0 Å². The van der Waals surface area contributed by atoms with Crippen LogP contribution in [-0.4, -0.2) is 56.8 Å². The number of benzene rings is 1. The minimum absolute atomic E-state index is 0. The molecule has 5 nitrogen and oxygen atoms in total. The Morgan fingerprint density at radius 1 is 1.24 bits per heavy atom. The van der Waals surface area contributed by atoms with Crippen molar-refractivity contribution in [3.8, 4) is 0 Å². The van der Waals surface area contributed by atoms with Gasteiger partial charge in [-0.15, -0.1) is 24.0 Å². The SMILES string of the molecule is CCNC(=NCc1ccc(Cl)cc1Cl)NCCCN1CCOCC1.I. The van der Waals surface area contributed by atoms with Gasteiger partial charge in [-0.25, -0.2) is 4.99 Å². The number of halogens is 3. The van der Waals surface area contributed by atoms with Crippen molar-refractivity contribution < 1.29 is 4.74 Å². The third-order valence-corrected chi connectivity index (χ3v) is 4.40. The third kappa shape index (κ3) is 8.77. The molecule has 1 fully saturated rings. The van der Waals surface area contributed by atoms with E-state index in [1.807, 2.05) is 12.1 Å². The number of rotatable bonds is 7. The maximum atomic E-state index is 6.19. The van der Waals surface area contributed by atoms with E-state index in [9.17, 15) is 0 Å². The summed E-state index contributed by atoms with van der Waals surface area (Å²) >= 11 is 12.1. The highest BCUT2D eigenvalue weighted by Crippen LogP contribution is 2.21. The van der Waals surface area contributed by atoms with E-state index in [2.05, 4.69) is 27.4 Å². The van der Waals surface area contributed by atoms with Crippen LogP contribution >= 0.6 is 47.2 Å². The van der Waals surface area contributed by atoms with Gasteiger partial charge < -0.3 is 15.4 Å². The molecule has 0 saturated carbocycles. The molecule has 0 bridgehead atoms. The van der Waals surface area contributed by atoms with Crippen LogP contribution in [0.3, 0.4) is 0 Å². The Hall–Kier alpha value is -0.280. The third-order valence-electron chi connectivity index (χ3n) is 3.81. The topological polar surface area (TPSA) is 48.9 Å². The lowest BCUT2D eigenvalue weighted by molar-refractivity contribution is 0.0376. The van der Waals surface area contributed by atoms with Crippen molar-refractivity contribution in [1.82, 2.24) is 15.5 Å². The largest absolute Gasteiger partial charge is 0.379 e. The summed E-state index contributed by atoms with van der Waals surface area (Å²) < 4.78 is 5.36. The van der Waals surface area contributed by atoms with E-state index in [0.717, 1.165) is 63.9 Å². The molecule has 1 aliphatic heterocycles. The standard InChI is InChI=1S/C17H26Cl2N4O.HI/c1-2-20-17(21-6-3-7-23-8-10-24-11-9-23)22-13-14-4-5-15(18)12-16(14)19;/h4-5,12H,2-3,6-11,13H2,1H3,(H2,20,21,22);1H. The predicted molar refractivity (Wildman–Crippen MR) is 117 cm³/mol. The Balaban J connectivity index is 0.00000312. The van der Waals surface area contributed by atoms with E-state index < -0.39 is 0 Å². The number of hydrogen-bond donors (Lipinski definition) is 2. The van der Waals surface area contributed by atoms with E-state index in [4.69, 9.17) is 27.9 Å². The summed E-state index contributed by atoms with van der Waals surface area (Å²) in [6.07, 6.45) is 1.08. The normalized spacial score (nSPS) is 15.6. The maximum absolute atomic E-state index is 6.19. The molecule has 8 heteroatoms. The molecule has 1 aromatic rings. The van der Waals surface area contributed by atoms with Crippen LogP contribution in [0.2, 0.25) is 10.0 Å². The molecule has 142 valence electrons. The van der Waals surface area contributed by atoms with E-state index in [0.29, 0.717) is 16.6 Å². The number of morpholine rings is 1. The Kier molecular flexibility index (Phi) is 11.8. The van der Waals surface area contributed by atoms with Crippen molar-refractivity contribution in [3.63, 3.8) is 0 Å². The molecule has 0 amide bonds. The van der Waals surface area contributed by atoms with Gasteiger partial charge in [0.1, 0.15) is 0 Å². The van der Waals surface area contributed by atoms with Crippen LogP contribution in [0.25, 0.3) is 0 Å². The van der Waals surface area contributed by atoms with Crippen LogP contribution < -0.4 is 10.6 Å². The lowest BCUT2D eigenvalue weighted by atomic mass is 10.2. The van der Waals surface area contributed by atoms with Crippen LogP contribution in [0, 0.1) is 0 Å². The Morgan fingerprint density at radius 3 is 2.68 bits per heavy atom. The van der Waals surface area contributed by atoms with Crippen molar-refractivity contribution in [2.45, 2.75) is 19.9 Å². The average molecular weight is 501 g/mol. The van der Waals surface area contributed by atoms with Crippen molar-refractivity contribution in [2.75, 3.05) is 45.9 Å². The molecule has 1 aromatic carbocycles. The van der Waals surface area contributed by atoms with E-state index in [1.165, 1.54) is 0 Å². The summed E-state index contributed by atoms with van der Waals surface area (Å²) in [4.78, 5) is 7.03. The lowest BCUT2D eigenvalue weighted by Gasteiger charge is -2.26. The molecule has 0 atom stereocenters. The molecule has 1 heterocycles. The second-order valence-electron chi connectivity index (χ2n) is 5.67. The van der Waals surface area contributed by atoms with Gasteiger partial charge in [0.15, 0.2) is 5.96 Å². The van der Waals surface area contributed by atoms with Gasteiger partial charge in [-0.1, -0.05) is 29.3 Å². The molecule has 0 spiro atoms. The first-order valence-electron chi connectivity index (χ1n) is 8.45. The number of guanidine groups is 1. The van der Waals surface area contributed by atoms with E-state index in [-0.39, 0.29) is 24.0 Å². The van der Waals surface area contributed by atoms with Gasteiger partial charge in [0, 0.05) is 36.2 Å². The second-order valence-corrected chi connectivity index (χ2v) is 6.51. The first-order valence-corrected chi connectivity index (χ1v) is 9.21. The number of ether oxygens (including phenoxy) is 1. The molecular weight excluding hydrogens is 474 g/mol. The summed E-state index contributed by atoms with van der Waals surface area (Å²) in [5.74, 6) is 0.811. The maximum Gasteiger partial charge on any atom is 0.191 e. The van der Waals surface area contributed by atoms with Crippen LogP contribution in [0.15, 0.2) is 23.2 Å². The molecule has 0 aliphatic carbocycles.